The van der Waals surface area contributed by atoms with E-state index in [-0.39, 0.29) is 36.6 Å². The minimum atomic E-state index is -0.279. The van der Waals surface area contributed by atoms with E-state index in [2.05, 4.69) is 5.32 Å². The van der Waals surface area contributed by atoms with Gasteiger partial charge in [-0.25, -0.2) is 0 Å². The van der Waals surface area contributed by atoms with Crippen molar-refractivity contribution in [2.45, 2.75) is 19.3 Å². The summed E-state index contributed by atoms with van der Waals surface area (Å²) in [5.41, 5.74) is 0.406. The van der Waals surface area contributed by atoms with Crippen molar-refractivity contribution in [1.29, 1.82) is 0 Å². The fourth-order valence-electron chi connectivity index (χ4n) is 2.95. The zero-order chi connectivity index (χ0) is 17.8. The molecule has 2 aliphatic rings. The van der Waals surface area contributed by atoms with Gasteiger partial charge in [0.1, 0.15) is 0 Å². The first-order valence-corrected chi connectivity index (χ1v) is 9.03. The number of carbonyl (C=O) groups excluding carboxylic acids is 3. The number of nitrogens with one attached hydrogen (secondary N) is 1. The predicted octanol–water partition coefficient (Wildman–Crippen LogP) is 1.54. The summed E-state index contributed by atoms with van der Waals surface area (Å²) in [6.45, 7) is 2.61. The van der Waals surface area contributed by atoms with Gasteiger partial charge in [0, 0.05) is 45.1 Å². The molecule has 6 nitrogen and oxygen atoms in total. The maximum atomic E-state index is 12.3. The molecule has 0 atom stereocenters. The van der Waals surface area contributed by atoms with Crippen LogP contribution in [0.3, 0.4) is 0 Å². The van der Waals surface area contributed by atoms with E-state index in [1.807, 2.05) is 4.90 Å². The summed E-state index contributed by atoms with van der Waals surface area (Å²) in [4.78, 5) is 39.9. The van der Waals surface area contributed by atoms with E-state index >= 15 is 0 Å². The Morgan fingerprint density at radius 3 is 2.32 bits per heavy atom. The number of benzene rings is 1. The second-order valence-electron chi connectivity index (χ2n) is 6.47. The van der Waals surface area contributed by atoms with Crippen molar-refractivity contribution in [2.75, 3.05) is 32.7 Å². The van der Waals surface area contributed by atoms with Crippen LogP contribution in [-0.4, -0.2) is 60.2 Å². The molecule has 3 amide bonds. The lowest BCUT2D eigenvalue weighted by Gasteiger charge is -2.35. The van der Waals surface area contributed by atoms with Crippen molar-refractivity contribution >= 4 is 29.3 Å². The fraction of sp³-hybridized carbons (Fsp3) is 0.500. The highest BCUT2D eigenvalue weighted by Crippen LogP contribution is 2.31. The highest BCUT2D eigenvalue weighted by molar-refractivity contribution is 6.33. The summed E-state index contributed by atoms with van der Waals surface area (Å²) in [6, 6.07) is 6.81. The molecule has 25 heavy (non-hydrogen) atoms. The lowest BCUT2D eigenvalue weighted by molar-refractivity contribution is -0.140. The number of hydrogen-bond acceptors (Lipinski definition) is 3. The van der Waals surface area contributed by atoms with Crippen molar-refractivity contribution in [3.05, 3.63) is 34.9 Å². The first kappa shape index (κ1) is 17.7. The van der Waals surface area contributed by atoms with Gasteiger partial charge in [0.05, 0.1) is 10.6 Å². The summed E-state index contributed by atoms with van der Waals surface area (Å²) < 4.78 is 0. The highest BCUT2D eigenvalue weighted by Gasteiger charge is 2.35. The normalized spacial score (nSPS) is 17.3. The average Bonchev–Trinajstić information content (AvgIpc) is 3.46. The van der Waals surface area contributed by atoms with Gasteiger partial charge in [-0.3, -0.25) is 14.4 Å². The third-order valence-corrected chi connectivity index (χ3v) is 4.94. The Morgan fingerprint density at radius 2 is 1.68 bits per heavy atom. The molecule has 1 saturated heterocycles. The summed E-state index contributed by atoms with van der Waals surface area (Å²) in [5, 5.41) is 3.12. The van der Waals surface area contributed by atoms with Gasteiger partial charge in [-0.15, -0.1) is 0 Å². The van der Waals surface area contributed by atoms with Gasteiger partial charge >= 0.3 is 0 Å². The van der Waals surface area contributed by atoms with E-state index in [9.17, 15) is 14.4 Å². The Hall–Kier alpha value is -2.08. The lowest BCUT2D eigenvalue weighted by Crippen LogP contribution is -2.51. The summed E-state index contributed by atoms with van der Waals surface area (Å²) >= 11 is 5.98. The minimum absolute atomic E-state index is 0.00187. The van der Waals surface area contributed by atoms with Gasteiger partial charge in [-0.05, 0) is 25.0 Å². The molecule has 1 heterocycles. The van der Waals surface area contributed by atoms with E-state index in [4.69, 9.17) is 11.6 Å². The van der Waals surface area contributed by atoms with Crippen LogP contribution in [0.25, 0.3) is 0 Å². The number of nitrogens with zero attached hydrogens (tertiary/aromatic N) is 2. The van der Waals surface area contributed by atoms with E-state index < -0.39 is 0 Å². The molecule has 134 valence electrons. The van der Waals surface area contributed by atoms with E-state index in [1.54, 1.807) is 29.2 Å². The van der Waals surface area contributed by atoms with Crippen LogP contribution in [0.1, 0.15) is 29.6 Å². The van der Waals surface area contributed by atoms with Crippen LogP contribution in [-0.2, 0) is 9.59 Å². The third kappa shape index (κ3) is 4.51. The van der Waals surface area contributed by atoms with Gasteiger partial charge in [0.15, 0.2) is 0 Å². The van der Waals surface area contributed by atoms with Crippen LogP contribution in [0.5, 0.6) is 0 Å². The molecule has 1 aliphatic carbocycles. The lowest BCUT2D eigenvalue weighted by atomic mass is 10.2. The molecule has 0 unspecified atom stereocenters. The van der Waals surface area contributed by atoms with Crippen molar-refractivity contribution in [1.82, 2.24) is 15.1 Å². The first-order chi connectivity index (χ1) is 12.1. The molecular weight excluding hydrogens is 342 g/mol. The second-order valence-corrected chi connectivity index (χ2v) is 6.87. The van der Waals surface area contributed by atoms with E-state index in [0.29, 0.717) is 36.8 Å². The molecule has 1 aliphatic heterocycles. The van der Waals surface area contributed by atoms with Crippen LogP contribution in [0.2, 0.25) is 5.02 Å². The van der Waals surface area contributed by atoms with Gasteiger partial charge < -0.3 is 15.1 Å². The van der Waals surface area contributed by atoms with Crippen LogP contribution in [0.15, 0.2) is 24.3 Å². The van der Waals surface area contributed by atoms with Crippen molar-refractivity contribution in [2.24, 2.45) is 5.92 Å². The molecule has 1 aromatic carbocycles. The van der Waals surface area contributed by atoms with Crippen molar-refractivity contribution < 1.29 is 14.4 Å². The van der Waals surface area contributed by atoms with Gasteiger partial charge in [0.25, 0.3) is 5.91 Å². The summed E-state index contributed by atoms with van der Waals surface area (Å²) in [6.07, 6.45) is 2.25. The average molecular weight is 364 g/mol. The Morgan fingerprint density at radius 1 is 1.04 bits per heavy atom. The Balaban J connectivity index is 1.39. The second kappa shape index (κ2) is 7.87. The standard InChI is InChI=1S/C18H22ClN3O3/c19-15-4-2-1-3-14(15)17(24)20-8-7-16(23)21-9-11-22(12-10-21)18(25)13-5-6-13/h1-4,13H,5-12H2,(H,20,24). The van der Waals surface area contributed by atoms with Gasteiger partial charge in [-0.2, -0.15) is 0 Å². The fourth-order valence-corrected chi connectivity index (χ4v) is 3.17. The molecule has 2 fully saturated rings. The maximum Gasteiger partial charge on any atom is 0.252 e. The Kier molecular flexibility index (Phi) is 5.58. The van der Waals surface area contributed by atoms with Crippen LogP contribution < -0.4 is 5.32 Å². The number of amides is 3. The molecule has 7 heteroatoms. The summed E-state index contributed by atoms with van der Waals surface area (Å²) in [7, 11) is 0. The molecule has 0 radical (unpaired) electrons. The molecule has 0 aromatic heterocycles. The SMILES string of the molecule is O=C(NCCC(=O)N1CCN(C(=O)C2CC2)CC1)c1ccccc1Cl. The Labute approximate surface area is 152 Å². The Bertz CT molecular complexity index is 667. The van der Waals surface area contributed by atoms with E-state index in [0.717, 1.165) is 12.8 Å². The quantitative estimate of drug-likeness (QED) is 0.862. The van der Waals surface area contributed by atoms with Gasteiger partial charge in [-0.1, -0.05) is 23.7 Å². The van der Waals surface area contributed by atoms with Gasteiger partial charge in [0.2, 0.25) is 11.8 Å². The van der Waals surface area contributed by atoms with Crippen LogP contribution in [0.4, 0.5) is 0 Å². The molecule has 1 saturated carbocycles. The number of halogens is 1. The van der Waals surface area contributed by atoms with Crippen molar-refractivity contribution in [3.8, 4) is 0 Å². The van der Waals surface area contributed by atoms with Crippen LogP contribution >= 0.6 is 11.6 Å². The topological polar surface area (TPSA) is 69.7 Å². The number of piperazine rings is 1. The molecule has 3 rings (SSSR count). The molecule has 1 aromatic rings. The number of hydrogen-bond donors (Lipinski definition) is 1. The zero-order valence-electron chi connectivity index (χ0n) is 14.0. The predicted molar refractivity (Wildman–Crippen MR) is 94.3 cm³/mol. The first-order valence-electron chi connectivity index (χ1n) is 8.65. The molecule has 0 spiro atoms. The smallest absolute Gasteiger partial charge is 0.252 e. The van der Waals surface area contributed by atoms with E-state index in [1.165, 1.54) is 0 Å². The molecular formula is C18H22ClN3O3. The monoisotopic (exact) mass is 363 g/mol. The number of rotatable bonds is 5. The van der Waals surface area contributed by atoms with Crippen molar-refractivity contribution in [3.63, 3.8) is 0 Å². The minimum Gasteiger partial charge on any atom is -0.351 e. The number of carbonyl (C=O) groups is 3. The highest BCUT2D eigenvalue weighted by atomic mass is 35.5. The molecule has 0 bridgehead atoms. The summed E-state index contributed by atoms with van der Waals surface area (Å²) in [5.74, 6) is 0.178. The van der Waals surface area contributed by atoms with Crippen LogP contribution in [0, 0.1) is 5.92 Å². The molecule has 1 N–H and O–H groups in total. The maximum absolute atomic E-state index is 12.3. The largest absolute Gasteiger partial charge is 0.351 e. The third-order valence-electron chi connectivity index (χ3n) is 4.61. The zero-order valence-corrected chi connectivity index (χ0v) is 14.8.